The molecule has 3 aromatic carbocycles. The number of hydrogen-bond acceptors (Lipinski definition) is 9. The number of rotatable bonds is 9. The van der Waals surface area contributed by atoms with Crippen molar-refractivity contribution in [2.24, 2.45) is 11.8 Å². The number of hydrogen-bond donors (Lipinski definition) is 0. The van der Waals surface area contributed by atoms with Crippen LogP contribution in [0.2, 0.25) is 0 Å². The second kappa shape index (κ2) is 11.6. The lowest BCUT2D eigenvalue weighted by Crippen LogP contribution is -2.52. The van der Waals surface area contributed by atoms with Gasteiger partial charge in [-0.2, -0.15) is 5.01 Å². The van der Waals surface area contributed by atoms with Crippen LogP contribution in [0.3, 0.4) is 0 Å². The molecule has 3 amide bonds. The van der Waals surface area contributed by atoms with Crippen LogP contribution in [0.25, 0.3) is 0 Å². The maximum atomic E-state index is 13.6. The number of carbonyl (C=O) groups is 4. The molecule has 13 heteroatoms. The Morgan fingerprint density at radius 1 is 0.738 bits per heavy atom. The number of hydrazine groups is 1. The van der Waals surface area contributed by atoms with Gasteiger partial charge in [0, 0.05) is 35.4 Å². The van der Waals surface area contributed by atoms with Crippen LogP contribution in [0.15, 0.2) is 72.8 Å². The fourth-order valence-corrected chi connectivity index (χ4v) is 5.20. The van der Waals surface area contributed by atoms with E-state index in [1.165, 1.54) is 60.7 Å². The second-order valence-corrected chi connectivity index (χ2v) is 9.95. The molecule has 1 aliphatic heterocycles. The minimum atomic E-state index is -0.822. The SMILES string of the molecule is O=C(CN(C(=O)c1ccc([N+](=O)[O-])cc1)N1C(=O)[C@@H]2CCCC[C@H]2C1=O)c1ccc(Oc2ccc([N+](=O)[O-])cc2)cc1. The molecule has 13 nitrogen and oxygen atoms in total. The lowest BCUT2D eigenvalue weighted by Gasteiger charge is -2.30. The average Bonchev–Trinajstić information content (AvgIpc) is 3.25. The first-order chi connectivity index (χ1) is 20.1. The van der Waals surface area contributed by atoms with Crippen LogP contribution in [0, 0.1) is 32.1 Å². The van der Waals surface area contributed by atoms with Gasteiger partial charge in [0.2, 0.25) is 0 Å². The number of carbonyl (C=O) groups excluding carboxylic acids is 4. The molecule has 0 radical (unpaired) electrons. The Hall–Kier alpha value is -5.46. The molecule has 2 atom stereocenters. The first kappa shape index (κ1) is 28.1. The van der Waals surface area contributed by atoms with Crippen LogP contribution in [-0.4, -0.2) is 49.9 Å². The Kier molecular flexibility index (Phi) is 7.74. The smallest absolute Gasteiger partial charge is 0.273 e. The molecule has 0 aromatic heterocycles. The molecule has 3 aromatic rings. The zero-order chi connectivity index (χ0) is 30.0. The van der Waals surface area contributed by atoms with E-state index in [1.807, 2.05) is 0 Å². The van der Waals surface area contributed by atoms with Crippen molar-refractivity contribution in [3.05, 3.63) is 104 Å². The summed E-state index contributed by atoms with van der Waals surface area (Å²) >= 11 is 0. The van der Waals surface area contributed by atoms with E-state index in [1.54, 1.807) is 0 Å². The van der Waals surface area contributed by atoms with Gasteiger partial charge in [-0.25, -0.2) is 5.01 Å². The van der Waals surface area contributed by atoms with Crippen molar-refractivity contribution in [3.8, 4) is 11.5 Å². The predicted molar refractivity (Wildman–Crippen MR) is 145 cm³/mol. The Morgan fingerprint density at radius 3 is 1.64 bits per heavy atom. The number of nitro groups is 2. The van der Waals surface area contributed by atoms with Crippen molar-refractivity contribution in [3.63, 3.8) is 0 Å². The molecule has 0 unspecified atom stereocenters. The van der Waals surface area contributed by atoms with Crippen molar-refractivity contribution in [2.75, 3.05) is 6.54 Å². The van der Waals surface area contributed by atoms with E-state index in [0.29, 0.717) is 24.3 Å². The molecule has 214 valence electrons. The van der Waals surface area contributed by atoms with Crippen LogP contribution in [0.5, 0.6) is 11.5 Å². The number of nitrogens with zero attached hydrogens (tertiary/aromatic N) is 4. The summed E-state index contributed by atoms with van der Waals surface area (Å²) in [6.45, 7) is -0.630. The Bertz CT molecular complexity index is 1550. The standard InChI is InChI=1S/C29H24N4O9/c34-26(18-7-13-22(14-8-18)42-23-15-11-21(12-16-23)33(40)41)17-30(27(35)19-5-9-20(10-6-19)32(38)39)31-28(36)24-3-1-2-4-25(24)29(31)37/h5-16,24-25H,1-4,17H2/t24-,25-/m1/s1. The normalized spacial score (nSPS) is 17.9. The van der Waals surface area contributed by atoms with Gasteiger partial charge >= 0.3 is 0 Å². The zero-order valence-corrected chi connectivity index (χ0v) is 22.1. The van der Waals surface area contributed by atoms with E-state index in [9.17, 15) is 39.4 Å². The van der Waals surface area contributed by atoms with Gasteiger partial charge in [0.15, 0.2) is 5.78 Å². The molecule has 2 aliphatic rings. The summed E-state index contributed by atoms with van der Waals surface area (Å²) in [7, 11) is 0. The van der Waals surface area contributed by atoms with Gasteiger partial charge < -0.3 is 4.74 Å². The molecular formula is C29H24N4O9. The number of ether oxygens (including phenoxy) is 1. The van der Waals surface area contributed by atoms with Gasteiger partial charge in [-0.05, 0) is 61.4 Å². The molecule has 0 N–H and O–H groups in total. The highest BCUT2D eigenvalue weighted by molar-refractivity contribution is 6.09. The Morgan fingerprint density at radius 2 is 1.17 bits per heavy atom. The van der Waals surface area contributed by atoms with E-state index >= 15 is 0 Å². The van der Waals surface area contributed by atoms with Crippen molar-refractivity contribution >= 4 is 34.9 Å². The fourth-order valence-electron chi connectivity index (χ4n) is 5.20. The second-order valence-electron chi connectivity index (χ2n) is 9.95. The molecule has 1 heterocycles. The third kappa shape index (κ3) is 5.57. The van der Waals surface area contributed by atoms with Gasteiger partial charge in [0.25, 0.3) is 29.1 Å². The van der Waals surface area contributed by atoms with E-state index in [-0.39, 0.29) is 22.5 Å². The van der Waals surface area contributed by atoms with Crippen LogP contribution < -0.4 is 4.74 Å². The summed E-state index contributed by atoms with van der Waals surface area (Å²) in [6.07, 6.45) is 2.57. The highest BCUT2D eigenvalue weighted by Crippen LogP contribution is 2.39. The average molecular weight is 573 g/mol. The largest absolute Gasteiger partial charge is 0.457 e. The fraction of sp³-hybridized carbons (Fsp3) is 0.241. The van der Waals surface area contributed by atoms with Gasteiger partial charge in [-0.15, -0.1) is 0 Å². The predicted octanol–water partition coefficient (Wildman–Crippen LogP) is 4.71. The monoisotopic (exact) mass is 572 g/mol. The molecule has 42 heavy (non-hydrogen) atoms. The third-order valence-electron chi connectivity index (χ3n) is 7.37. The maximum Gasteiger partial charge on any atom is 0.273 e. The van der Waals surface area contributed by atoms with Crippen molar-refractivity contribution < 1.29 is 33.8 Å². The minimum absolute atomic E-state index is 0.0317. The van der Waals surface area contributed by atoms with Crippen LogP contribution in [0.4, 0.5) is 11.4 Å². The Labute approximate surface area is 238 Å². The molecule has 2 fully saturated rings. The van der Waals surface area contributed by atoms with Gasteiger partial charge in [-0.3, -0.25) is 39.4 Å². The number of nitro benzene ring substituents is 2. The molecule has 0 bridgehead atoms. The zero-order valence-electron chi connectivity index (χ0n) is 22.1. The molecule has 1 saturated heterocycles. The summed E-state index contributed by atoms with van der Waals surface area (Å²) in [5, 5.41) is 23.5. The first-order valence-electron chi connectivity index (χ1n) is 13.1. The van der Waals surface area contributed by atoms with E-state index in [2.05, 4.69) is 0 Å². The van der Waals surface area contributed by atoms with Crippen molar-refractivity contribution in [1.82, 2.24) is 10.0 Å². The summed E-state index contributed by atoms with van der Waals surface area (Å²) in [5.74, 6) is -2.92. The minimum Gasteiger partial charge on any atom is -0.457 e. The number of fused-ring (bicyclic) bond motifs is 1. The van der Waals surface area contributed by atoms with Crippen molar-refractivity contribution in [1.29, 1.82) is 0 Å². The summed E-state index contributed by atoms with van der Waals surface area (Å²) < 4.78 is 5.67. The molecule has 1 aliphatic carbocycles. The maximum absolute atomic E-state index is 13.6. The van der Waals surface area contributed by atoms with Crippen LogP contribution in [0.1, 0.15) is 46.4 Å². The summed E-state index contributed by atoms with van der Waals surface area (Å²) in [4.78, 5) is 74.3. The summed E-state index contributed by atoms with van der Waals surface area (Å²) in [6, 6.07) is 16.0. The molecular weight excluding hydrogens is 548 g/mol. The van der Waals surface area contributed by atoms with E-state index in [4.69, 9.17) is 4.74 Å². The van der Waals surface area contributed by atoms with Crippen LogP contribution in [-0.2, 0) is 9.59 Å². The number of benzene rings is 3. The molecule has 5 rings (SSSR count). The lowest BCUT2D eigenvalue weighted by molar-refractivity contribution is -0.385. The quantitative estimate of drug-likeness (QED) is 0.152. The number of non-ortho nitro benzene ring substituents is 2. The number of amides is 3. The Balaban J connectivity index is 1.38. The van der Waals surface area contributed by atoms with E-state index in [0.717, 1.165) is 35.0 Å². The highest BCUT2D eigenvalue weighted by atomic mass is 16.6. The van der Waals surface area contributed by atoms with Gasteiger partial charge in [0.1, 0.15) is 18.0 Å². The third-order valence-corrected chi connectivity index (χ3v) is 7.37. The van der Waals surface area contributed by atoms with Crippen molar-refractivity contribution in [2.45, 2.75) is 25.7 Å². The highest BCUT2D eigenvalue weighted by Gasteiger charge is 2.51. The first-order valence-corrected chi connectivity index (χ1v) is 13.1. The van der Waals surface area contributed by atoms with Crippen LogP contribution >= 0.6 is 0 Å². The number of ketones is 1. The number of imide groups is 1. The lowest BCUT2D eigenvalue weighted by atomic mass is 9.81. The topological polar surface area (TPSA) is 170 Å². The number of Topliss-reactive ketones (excluding diaryl/α,β-unsaturated/α-hetero) is 1. The molecule has 0 spiro atoms. The van der Waals surface area contributed by atoms with Gasteiger partial charge in [0.05, 0.1) is 21.7 Å². The van der Waals surface area contributed by atoms with E-state index < -0.39 is 51.7 Å². The van der Waals surface area contributed by atoms with Gasteiger partial charge in [-0.1, -0.05) is 12.8 Å². The molecule has 1 saturated carbocycles. The summed E-state index contributed by atoms with van der Waals surface area (Å²) in [5.41, 5.74) is -0.199.